The van der Waals surface area contributed by atoms with Crippen LogP contribution in [0.15, 0.2) is 46.8 Å². The van der Waals surface area contributed by atoms with Gasteiger partial charge in [-0.2, -0.15) is 0 Å². The molecule has 5 heteroatoms. The van der Waals surface area contributed by atoms with Crippen molar-refractivity contribution in [2.75, 3.05) is 17.6 Å². The summed E-state index contributed by atoms with van der Waals surface area (Å²) in [5, 5.41) is 6.29. The van der Waals surface area contributed by atoms with Gasteiger partial charge in [-0.25, -0.2) is 0 Å². The number of anilines is 1. The van der Waals surface area contributed by atoms with E-state index in [-0.39, 0.29) is 5.78 Å². The van der Waals surface area contributed by atoms with E-state index in [1.807, 2.05) is 42.6 Å². The Kier molecular flexibility index (Phi) is 5.31. The number of amidine groups is 1. The van der Waals surface area contributed by atoms with Crippen molar-refractivity contribution in [3.05, 3.63) is 57.8 Å². The number of hydrogen-bond acceptors (Lipinski definition) is 5. The van der Waals surface area contributed by atoms with Crippen LogP contribution < -0.4 is 5.32 Å². The van der Waals surface area contributed by atoms with Gasteiger partial charge in [-0.05, 0) is 66.8 Å². The van der Waals surface area contributed by atoms with E-state index in [1.165, 1.54) is 5.56 Å². The minimum atomic E-state index is 0.0220. The van der Waals surface area contributed by atoms with Gasteiger partial charge in [0.2, 0.25) is 0 Å². The van der Waals surface area contributed by atoms with Crippen LogP contribution in [0.2, 0.25) is 0 Å². The average molecular weight is 342 g/mol. The van der Waals surface area contributed by atoms with E-state index in [9.17, 15) is 4.79 Å². The molecule has 1 aromatic heterocycles. The van der Waals surface area contributed by atoms with Crippen LogP contribution in [0.25, 0.3) is 6.08 Å². The quantitative estimate of drug-likeness (QED) is 0.637. The van der Waals surface area contributed by atoms with Gasteiger partial charge in [0.15, 0.2) is 11.0 Å². The molecule has 2 heterocycles. The molecule has 0 radical (unpaired) electrons. The SMILES string of the molecule is Cc1ccsc1/C=C/C(=O)c1ccc(NC2=NCCCS2)cc1. The number of hydrogen-bond donors (Lipinski definition) is 1. The lowest BCUT2D eigenvalue weighted by molar-refractivity contribution is 0.104. The second-order valence-electron chi connectivity index (χ2n) is 5.26. The first-order chi connectivity index (χ1) is 11.2. The standard InChI is InChI=1S/C18H18N2OS2/c1-13-9-12-22-17(13)8-7-16(21)14-3-5-15(6-4-14)20-18-19-10-2-11-23-18/h3-9,12H,2,10-11H2,1H3,(H,19,20)/b8-7+. The van der Waals surface area contributed by atoms with Crippen molar-refractivity contribution in [1.82, 2.24) is 0 Å². The maximum atomic E-state index is 12.2. The first-order valence-electron chi connectivity index (χ1n) is 7.53. The summed E-state index contributed by atoms with van der Waals surface area (Å²) in [6.45, 7) is 2.94. The Labute approximate surface area is 144 Å². The van der Waals surface area contributed by atoms with Crippen molar-refractivity contribution >= 4 is 45.8 Å². The number of thioether (sulfide) groups is 1. The molecule has 3 rings (SSSR count). The number of nitrogens with one attached hydrogen (secondary N) is 1. The molecule has 0 spiro atoms. The molecule has 1 aliphatic heterocycles. The maximum absolute atomic E-state index is 12.2. The normalized spacial score (nSPS) is 14.7. The van der Waals surface area contributed by atoms with Gasteiger partial charge < -0.3 is 5.32 Å². The lowest BCUT2D eigenvalue weighted by Gasteiger charge is -2.13. The molecular formula is C18H18N2OS2. The number of ketones is 1. The largest absolute Gasteiger partial charge is 0.335 e. The van der Waals surface area contributed by atoms with Crippen molar-refractivity contribution in [1.29, 1.82) is 0 Å². The number of aryl methyl sites for hydroxylation is 1. The highest BCUT2D eigenvalue weighted by molar-refractivity contribution is 8.14. The second-order valence-corrected chi connectivity index (χ2v) is 7.29. The highest BCUT2D eigenvalue weighted by Gasteiger charge is 2.07. The highest BCUT2D eigenvalue weighted by atomic mass is 32.2. The second kappa shape index (κ2) is 7.62. The van der Waals surface area contributed by atoms with E-state index in [4.69, 9.17) is 0 Å². The summed E-state index contributed by atoms with van der Waals surface area (Å²) in [4.78, 5) is 17.8. The molecule has 0 amide bonds. The minimum absolute atomic E-state index is 0.0220. The summed E-state index contributed by atoms with van der Waals surface area (Å²) in [6, 6.07) is 9.61. The van der Waals surface area contributed by atoms with Crippen LogP contribution in [-0.2, 0) is 0 Å². The minimum Gasteiger partial charge on any atom is -0.335 e. The molecular weight excluding hydrogens is 324 g/mol. The lowest BCUT2D eigenvalue weighted by atomic mass is 10.1. The molecule has 23 heavy (non-hydrogen) atoms. The topological polar surface area (TPSA) is 41.5 Å². The lowest BCUT2D eigenvalue weighted by Crippen LogP contribution is -2.13. The van der Waals surface area contributed by atoms with Crippen LogP contribution in [-0.4, -0.2) is 23.2 Å². The van der Waals surface area contributed by atoms with Gasteiger partial charge in [0, 0.05) is 28.4 Å². The number of allylic oxidation sites excluding steroid dienone is 1. The number of aliphatic imine (C=N–C) groups is 1. The summed E-state index contributed by atoms with van der Waals surface area (Å²) in [5.74, 6) is 1.13. The predicted octanol–water partition coefficient (Wildman–Crippen LogP) is 4.86. The Balaban J connectivity index is 1.64. The zero-order chi connectivity index (χ0) is 16.1. The van der Waals surface area contributed by atoms with E-state index in [1.54, 1.807) is 29.2 Å². The van der Waals surface area contributed by atoms with Crippen LogP contribution >= 0.6 is 23.1 Å². The summed E-state index contributed by atoms with van der Waals surface area (Å²) in [7, 11) is 0. The van der Waals surface area contributed by atoms with Crippen LogP contribution in [0, 0.1) is 6.92 Å². The molecule has 0 atom stereocenters. The Morgan fingerprint density at radius 2 is 2.09 bits per heavy atom. The smallest absolute Gasteiger partial charge is 0.185 e. The third-order valence-electron chi connectivity index (χ3n) is 3.51. The molecule has 0 fully saturated rings. The van der Waals surface area contributed by atoms with E-state index in [0.717, 1.165) is 34.5 Å². The molecule has 2 aromatic rings. The van der Waals surface area contributed by atoms with Gasteiger partial charge in [0.25, 0.3) is 0 Å². The van der Waals surface area contributed by atoms with Gasteiger partial charge in [-0.1, -0.05) is 11.8 Å². The van der Waals surface area contributed by atoms with Crippen molar-refractivity contribution in [2.45, 2.75) is 13.3 Å². The number of carbonyl (C=O) groups excluding carboxylic acids is 1. The predicted molar refractivity (Wildman–Crippen MR) is 102 cm³/mol. The molecule has 1 aromatic carbocycles. The zero-order valence-electron chi connectivity index (χ0n) is 12.9. The zero-order valence-corrected chi connectivity index (χ0v) is 14.5. The summed E-state index contributed by atoms with van der Waals surface area (Å²) >= 11 is 3.38. The van der Waals surface area contributed by atoms with Crippen LogP contribution in [0.3, 0.4) is 0 Å². The maximum Gasteiger partial charge on any atom is 0.185 e. The fourth-order valence-corrected chi connectivity index (χ4v) is 3.84. The molecule has 0 aliphatic carbocycles. The molecule has 3 nitrogen and oxygen atoms in total. The molecule has 0 unspecified atom stereocenters. The van der Waals surface area contributed by atoms with E-state index < -0.39 is 0 Å². The number of thiophene rings is 1. The Hall–Kier alpha value is -1.85. The van der Waals surface area contributed by atoms with Crippen molar-refractivity contribution < 1.29 is 4.79 Å². The van der Waals surface area contributed by atoms with Gasteiger partial charge in [-0.15, -0.1) is 11.3 Å². The molecule has 0 saturated carbocycles. The Bertz CT molecular complexity index is 745. The molecule has 0 bridgehead atoms. The van der Waals surface area contributed by atoms with Crippen molar-refractivity contribution in [2.24, 2.45) is 4.99 Å². The molecule has 1 aliphatic rings. The third-order valence-corrected chi connectivity index (χ3v) is 5.49. The monoisotopic (exact) mass is 342 g/mol. The summed E-state index contributed by atoms with van der Waals surface area (Å²) < 4.78 is 0. The summed E-state index contributed by atoms with van der Waals surface area (Å²) in [6.07, 6.45) is 4.67. The van der Waals surface area contributed by atoms with Crippen LogP contribution in [0.5, 0.6) is 0 Å². The number of nitrogens with zero attached hydrogens (tertiary/aromatic N) is 1. The number of rotatable bonds is 4. The third kappa shape index (κ3) is 4.33. The van der Waals surface area contributed by atoms with E-state index in [0.29, 0.717) is 5.56 Å². The van der Waals surface area contributed by atoms with Crippen LogP contribution in [0.4, 0.5) is 5.69 Å². The van der Waals surface area contributed by atoms with Crippen molar-refractivity contribution in [3.8, 4) is 0 Å². The molecule has 0 saturated heterocycles. The van der Waals surface area contributed by atoms with Gasteiger partial charge in [-0.3, -0.25) is 9.79 Å². The highest BCUT2D eigenvalue weighted by Crippen LogP contribution is 2.19. The van der Waals surface area contributed by atoms with Gasteiger partial charge >= 0.3 is 0 Å². The average Bonchev–Trinajstić information content (AvgIpc) is 2.99. The Morgan fingerprint density at radius 1 is 1.26 bits per heavy atom. The molecule has 118 valence electrons. The first-order valence-corrected chi connectivity index (χ1v) is 9.40. The van der Waals surface area contributed by atoms with Crippen LogP contribution in [0.1, 0.15) is 27.2 Å². The fourth-order valence-electron chi connectivity index (χ4n) is 2.18. The number of carbonyl (C=O) groups is 1. The molecule has 1 N–H and O–H groups in total. The number of benzene rings is 1. The fraction of sp³-hybridized carbons (Fsp3) is 0.222. The van der Waals surface area contributed by atoms with Crippen molar-refractivity contribution in [3.63, 3.8) is 0 Å². The van der Waals surface area contributed by atoms with Gasteiger partial charge in [0.1, 0.15) is 0 Å². The summed E-state index contributed by atoms with van der Waals surface area (Å²) in [5.41, 5.74) is 2.86. The van der Waals surface area contributed by atoms with Gasteiger partial charge in [0.05, 0.1) is 0 Å². The van der Waals surface area contributed by atoms with E-state index in [2.05, 4.69) is 16.4 Å². The Morgan fingerprint density at radius 3 is 2.74 bits per heavy atom. The first kappa shape index (κ1) is 16.0. The van der Waals surface area contributed by atoms with E-state index >= 15 is 0 Å².